The molecule has 17 heavy (non-hydrogen) atoms. The van der Waals surface area contributed by atoms with Crippen LogP contribution < -0.4 is 11.1 Å². The van der Waals surface area contributed by atoms with Crippen LogP contribution in [0.3, 0.4) is 0 Å². The number of benzene rings is 1. The molecule has 0 aliphatic carbocycles. The van der Waals surface area contributed by atoms with Gasteiger partial charge in [0, 0.05) is 17.8 Å². The fourth-order valence-corrected chi connectivity index (χ4v) is 1.77. The van der Waals surface area contributed by atoms with Gasteiger partial charge in [-0.1, -0.05) is 6.92 Å². The summed E-state index contributed by atoms with van der Waals surface area (Å²) < 4.78 is 30.9. The van der Waals surface area contributed by atoms with Crippen molar-refractivity contribution in [2.75, 3.05) is 11.1 Å². The predicted octanol–water partition coefficient (Wildman–Crippen LogP) is 1.17. The quantitative estimate of drug-likeness (QED) is 0.557. The number of hydrogen-bond acceptors (Lipinski definition) is 4. The van der Waals surface area contributed by atoms with Gasteiger partial charge < -0.3 is 11.1 Å². The van der Waals surface area contributed by atoms with Crippen molar-refractivity contribution in [3.8, 4) is 0 Å². The summed E-state index contributed by atoms with van der Waals surface area (Å²) in [6.07, 6.45) is 0.259. The number of amides is 1. The highest BCUT2D eigenvalue weighted by atomic mass is 32.2. The van der Waals surface area contributed by atoms with E-state index in [1.54, 1.807) is 13.8 Å². The van der Waals surface area contributed by atoms with Gasteiger partial charge in [0.05, 0.1) is 4.90 Å². The van der Waals surface area contributed by atoms with Crippen LogP contribution in [0.15, 0.2) is 17.0 Å². The van der Waals surface area contributed by atoms with E-state index in [4.69, 9.17) is 10.3 Å². The Kier molecular flexibility index (Phi) is 3.74. The summed E-state index contributed by atoms with van der Waals surface area (Å²) in [6, 6.07) is 2.32. The maximum absolute atomic E-state index is 11.2. The second kappa shape index (κ2) is 4.72. The SMILES string of the molecule is CCC(=O)Nc1cc(S(=O)(=O)O)cc(N)c1C. The second-order valence-electron chi connectivity index (χ2n) is 3.56. The van der Waals surface area contributed by atoms with Crippen LogP contribution in [0.25, 0.3) is 0 Å². The second-order valence-corrected chi connectivity index (χ2v) is 4.98. The molecule has 0 unspecified atom stereocenters. The normalized spacial score (nSPS) is 11.2. The molecule has 7 heteroatoms. The van der Waals surface area contributed by atoms with E-state index in [1.807, 2.05) is 0 Å². The zero-order chi connectivity index (χ0) is 13.2. The molecule has 6 nitrogen and oxygen atoms in total. The summed E-state index contributed by atoms with van der Waals surface area (Å²) in [4.78, 5) is 10.9. The Hall–Kier alpha value is -1.60. The lowest BCUT2D eigenvalue weighted by atomic mass is 10.1. The van der Waals surface area contributed by atoms with E-state index in [0.29, 0.717) is 5.56 Å². The molecule has 0 radical (unpaired) electrons. The van der Waals surface area contributed by atoms with E-state index in [9.17, 15) is 13.2 Å². The number of nitrogens with two attached hydrogens (primary N) is 1. The first-order chi connectivity index (χ1) is 7.75. The molecule has 0 spiro atoms. The van der Waals surface area contributed by atoms with Gasteiger partial charge in [-0.15, -0.1) is 0 Å². The van der Waals surface area contributed by atoms with Crippen molar-refractivity contribution in [1.29, 1.82) is 0 Å². The maximum atomic E-state index is 11.2. The molecule has 1 aromatic carbocycles. The number of carbonyl (C=O) groups is 1. The molecule has 0 aliphatic rings. The maximum Gasteiger partial charge on any atom is 0.294 e. The minimum atomic E-state index is -4.34. The van der Waals surface area contributed by atoms with Crippen LogP contribution >= 0.6 is 0 Å². The Morgan fingerprint density at radius 1 is 1.47 bits per heavy atom. The average molecular weight is 258 g/mol. The van der Waals surface area contributed by atoms with Crippen molar-refractivity contribution in [3.05, 3.63) is 17.7 Å². The molecule has 0 saturated carbocycles. The number of anilines is 2. The number of nitrogens with one attached hydrogen (secondary N) is 1. The topological polar surface area (TPSA) is 109 Å². The van der Waals surface area contributed by atoms with Gasteiger partial charge in [-0.2, -0.15) is 8.42 Å². The third-order valence-electron chi connectivity index (χ3n) is 2.31. The molecule has 1 aromatic rings. The highest BCUT2D eigenvalue weighted by Crippen LogP contribution is 2.26. The van der Waals surface area contributed by atoms with Gasteiger partial charge in [-0.05, 0) is 24.6 Å². The van der Waals surface area contributed by atoms with Crippen LogP contribution in [0.4, 0.5) is 11.4 Å². The van der Waals surface area contributed by atoms with Gasteiger partial charge in [0.1, 0.15) is 0 Å². The van der Waals surface area contributed by atoms with Crippen LogP contribution in [-0.2, 0) is 14.9 Å². The van der Waals surface area contributed by atoms with Crippen molar-refractivity contribution in [2.24, 2.45) is 0 Å². The minimum Gasteiger partial charge on any atom is -0.398 e. The zero-order valence-corrected chi connectivity index (χ0v) is 10.3. The van der Waals surface area contributed by atoms with Gasteiger partial charge in [0.15, 0.2) is 0 Å². The Bertz CT molecular complexity index is 552. The van der Waals surface area contributed by atoms with Crippen molar-refractivity contribution >= 4 is 27.4 Å². The van der Waals surface area contributed by atoms with Crippen molar-refractivity contribution in [1.82, 2.24) is 0 Å². The van der Waals surface area contributed by atoms with Gasteiger partial charge in [-0.25, -0.2) is 0 Å². The fraction of sp³-hybridized carbons (Fsp3) is 0.300. The lowest BCUT2D eigenvalue weighted by Crippen LogP contribution is -2.12. The summed E-state index contributed by atoms with van der Waals surface area (Å²) >= 11 is 0. The van der Waals surface area contributed by atoms with Crippen molar-refractivity contribution in [3.63, 3.8) is 0 Å². The summed E-state index contributed by atoms with van der Waals surface area (Å²) in [7, 11) is -4.34. The fourth-order valence-electron chi connectivity index (χ4n) is 1.23. The number of carbonyl (C=O) groups excluding carboxylic acids is 1. The van der Waals surface area contributed by atoms with Crippen molar-refractivity contribution in [2.45, 2.75) is 25.2 Å². The zero-order valence-electron chi connectivity index (χ0n) is 9.52. The number of nitrogen functional groups attached to an aromatic ring is 1. The highest BCUT2D eigenvalue weighted by molar-refractivity contribution is 7.85. The van der Waals surface area contributed by atoms with E-state index < -0.39 is 10.1 Å². The van der Waals surface area contributed by atoms with E-state index >= 15 is 0 Å². The van der Waals surface area contributed by atoms with Crippen LogP contribution in [0.1, 0.15) is 18.9 Å². The monoisotopic (exact) mass is 258 g/mol. The van der Waals surface area contributed by atoms with Gasteiger partial charge in [0.25, 0.3) is 10.1 Å². The van der Waals surface area contributed by atoms with Crippen LogP contribution in [0, 0.1) is 6.92 Å². The molecule has 0 fully saturated rings. The van der Waals surface area contributed by atoms with Crippen LogP contribution in [-0.4, -0.2) is 18.9 Å². The van der Waals surface area contributed by atoms with Gasteiger partial charge in [0.2, 0.25) is 5.91 Å². The first-order valence-corrected chi connectivity index (χ1v) is 6.37. The molecular weight excluding hydrogens is 244 g/mol. The largest absolute Gasteiger partial charge is 0.398 e. The average Bonchev–Trinajstić information content (AvgIpc) is 2.22. The van der Waals surface area contributed by atoms with Gasteiger partial charge in [-0.3, -0.25) is 9.35 Å². The molecule has 94 valence electrons. The molecule has 0 bridgehead atoms. The molecule has 0 atom stereocenters. The standard InChI is InChI=1S/C10H14N2O4S/c1-3-10(13)12-9-5-7(17(14,15)16)4-8(11)6(9)2/h4-5H,3,11H2,1-2H3,(H,12,13)(H,14,15,16). The molecular formula is C10H14N2O4S. The predicted molar refractivity (Wildman–Crippen MR) is 64.3 cm³/mol. The minimum absolute atomic E-state index is 0.187. The molecule has 0 heterocycles. The number of hydrogen-bond donors (Lipinski definition) is 3. The summed E-state index contributed by atoms with van der Waals surface area (Å²) in [5, 5.41) is 2.52. The van der Waals surface area contributed by atoms with E-state index in [-0.39, 0.29) is 28.6 Å². The Balaban J connectivity index is 3.30. The lowest BCUT2D eigenvalue weighted by Gasteiger charge is -2.11. The van der Waals surface area contributed by atoms with Crippen molar-refractivity contribution < 1.29 is 17.8 Å². The third kappa shape index (κ3) is 3.18. The first kappa shape index (κ1) is 13.5. The first-order valence-electron chi connectivity index (χ1n) is 4.93. The summed E-state index contributed by atoms with van der Waals surface area (Å²) in [5.41, 5.74) is 6.63. The van der Waals surface area contributed by atoms with Crippen LogP contribution in [0.2, 0.25) is 0 Å². The van der Waals surface area contributed by atoms with E-state index in [0.717, 1.165) is 6.07 Å². The Morgan fingerprint density at radius 2 is 2.06 bits per heavy atom. The highest BCUT2D eigenvalue weighted by Gasteiger charge is 2.15. The lowest BCUT2D eigenvalue weighted by molar-refractivity contribution is -0.115. The molecule has 1 amide bonds. The Morgan fingerprint density at radius 3 is 2.53 bits per heavy atom. The third-order valence-corrected chi connectivity index (χ3v) is 3.15. The van der Waals surface area contributed by atoms with Crippen LogP contribution in [0.5, 0.6) is 0 Å². The van der Waals surface area contributed by atoms with E-state index in [1.165, 1.54) is 6.07 Å². The molecule has 4 N–H and O–H groups in total. The molecule has 0 aliphatic heterocycles. The van der Waals surface area contributed by atoms with E-state index in [2.05, 4.69) is 5.32 Å². The Labute approximate surface area is 99.6 Å². The summed E-state index contributed by atoms with van der Waals surface area (Å²) in [5.74, 6) is -0.264. The molecule has 0 saturated heterocycles. The number of rotatable bonds is 3. The smallest absolute Gasteiger partial charge is 0.294 e. The molecule has 0 aromatic heterocycles. The molecule has 1 rings (SSSR count). The summed E-state index contributed by atoms with van der Waals surface area (Å²) in [6.45, 7) is 3.31. The van der Waals surface area contributed by atoms with Gasteiger partial charge >= 0.3 is 0 Å².